The van der Waals surface area contributed by atoms with Crippen LogP contribution in [0.3, 0.4) is 0 Å². The highest BCUT2D eigenvalue weighted by Crippen LogP contribution is 1.99. The molecule has 16 heavy (non-hydrogen) atoms. The van der Waals surface area contributed by atoms with E-state index in [9.17, 15) is 0 Å². The van der Waals surface area contributed by atoms with Crippen molar-refractivity contribution in [2.45, 2.75) is 6.54 Å². The zero-order valence-electron chi connectivity index (χ0n) is 8.17. The van der Waals surface area contributed by atoms with Crippen molar-refractivity contribution in [2.75, 3.05) is 0 Å². The predicted octanol–water partition coefficient (Wildman–Crippen LogP) is 0.402. The van der Waals surface area contributed by atoms with Crippen molar-refractivity contribution in [1.29, 1.82) is 0 Å². The summed E-state index contributed by atoms with van der Waals surface area (Å²) < 4.78 is 17.4. The first kappa shape index (κ1) is 17.6. The minimum Gasteiger partial charge on any atom is -0.326 e. The molecular formula is C7H13NO6P2+2. The molecule has 0 aliphatic rings. The van der Waals surface area contributed by atoms with Gasteiger partial charge in [0, 0.05) is 15.7 Å². The Balaban J connectivity index is 0. The first-order valence-corrected chi connectivity index (χ1v) is 6.17. The van der Waals surface area contributed by atoms with Crippen LogP contribution in [0.25, 0.3) is 0 Å². The molecule has 6 N–H and O–H groups in total. The second-order valence-corrected chi connectivity index (χ2v) is 3.21. The van der Waals surface area contributed by atoms with Gasteiger partial charge in [-0.05, 0) is 5.56 Å². The molecule has 1 rings (SSSR count). The van der Waals surface area contributed by atoms with Crippen molar-refractivity contribution in [3.63, 3.8) is 0 Å². The molecule has 0 aliphatic carbocycles. The summed E-state index contributed by atoms with van der Waals surface area (Å²) in [6, 6.07) is 9.99. The number of hydrogen-bond acceptors (Lipinski definition) is 3. The van der Waals surface area contributed by atoms with E-state index in [1.54, 1.807) is 0 Å². The largest absolute Gasteiger partial charge is 0.692 e. The summed E-state index contributed by atoms with van der Waals surface area (Å²) >= 11 is 0. The van der Waals surface area contributed by atoms with E-state index < -0.39 is 16.5 Å². The van der Waals surface area contributed by atoms with E-state index in [1.165, 1.54) is 5.56 Å². The fourth-order valence-electron chi connectivity index (χ4n) is 0.614. The van der Waals surface area contributed by atoms with Crippen LogP contribution in [0.15, 0.2) is 30.3 Å². The maximum absolute atomic E-state index is 8.70. The van der Waals surface area contributed by atoms with Gasteiger partial charge in [0.1, 0.15) is 0 Å². The summed E-state index contributed by atoms with van der Waals surface area (Å²) in [5.41, 5.74) is 6.54. The van der Waals surface area contributed by atoms with Crippen molar-refractivity contribution in [3.05, 3.63) is 35.9 Å². The van der Waals surface area contributed by atoms with Gasteiger partial charge in [0.05, 0.1) is 0 Å². The third-order valence-electron chi connectivity index (χ3n) is 1.08. The lowest BCUT2D eigenvalue weighted by molar-refractivity contribution is 0.403. The van der Waals surface area contributed by atoms with Gasteiger partial charge in [0.25, 0.3) is 0 Å². The molecule has 0 amide bonds. The molecular weight excluding hydrogens is 256 g/mol. The number of rotatable bonds is 1. The average Bonchev–Trinajstić information content (AvgIpc) is 2.17. The van der Waals surface area contributed by atoms with Gasteiger partial charge in [-0.2, -0.15) is 0 Å². The predicted molar refractivity (Wildman–Crippen MR) is 58.4 cm³/mol. The van der Waals surface area contributed by atoms with Crippen LogP contribution in [0, 0.1) is 0 Å². The molecule has 0 fully saturated rings. The quantitative estimate of drug-likeness (QED) is 0.464. The van der Waals surface area contributed by atoms with Gasteiger partial charge in [-0.15, -0.1) is 19.6 Å². The molecule has 0 atom stereocenters. The summed E-state index contributed by atoms with van der Waals surface area (Å²) in [7, 11) is -5.74. The molecule has 0 saturated heterocycles. The standard InChI is InChI=1S/C7H9N.2HO3P/c8-6-7-4-2-1-3-5-7;2*1-4(2)3/h1-5H,6,8H2;2*(H-,1,2,3)/p+2. The molecule has 1 aromatic rings. The topological polar surface area (TPSA) is 141 Å². The third-order valence-corrected chi connectivity index (χ3v) is 1.08. The average molecular weight is 269 g/mol. The smallest absolute Gasteiger partial charge is 0.326 e. The second-order valence-electron chi connectivity index (χ2n) is 2.20. The van der Waals surface area contributed by atoms with Crippen molar-refractivity contribution in [2.24, 2.45) is 5.73 Å². The Labute approximate surface area is 94.1 Å². The number of nitrogens with two attached hydrogens (primary N) is 1. The third kappa shape index (κ3) is 23.2. The van der Waals surface area contributed by atoms with E-state index in [0.29, 0.717) is 6.54 Å². The summed E-state index contributed by atoms with van der Waals surface area (Å²) in [5.74, 6) is 0. The van der Waals surface area contributed by atoms with E-state index in [2.05, 4.69) is 0 Å². The fraction of sp³-hybridized carbons (Fsp3) is 0.143. The lowest BCUT2D eigenvalue weighted by Gasteiger charge is -1.90. The van der Waals surface area contributed by atoms with Gasteiger partial charge in [-0.1, -0.05) is 30.3 Å². The Morgan fingerprint density at radius 1 is 0.938 bits per heavy atom. The number of benzene rings is 1. The Morgan fingerprint density at radius 3 is 1.44 bits per heavy atom. The Bertz CT molecular complexity index is 287. The summed E-state index contributed by atoms with van der Waals surface area (Å²) in [5, 5.41) is 0. The molecule has 1 aromatic carbocycles. The van der Waals surface area contributed by atoms with Crippen LogP contribution in [0.1, 0.15) is 5.56 Å². The SMILES string of the molecule is NCc1ccccc1.O=[P+](O)O.O=[P+](O)O. The van der Waals surface area contributed by atoms with Crippen LogP contribution in [-0.2, 0) is 15.7 Å². The van der Waals surface area contributed by atoms with Gasteiger partial charge < -0.3 is 5.73 Å². The highest BCUT2D eigenvalue weighted by Gasteiger charge is 1.93. The van der Waals surface area contributed by atoms with Crippen LogP contribution in [0.4, 0.5) is 0 Å². The lowest BCUT2D eigenvalue weighted by Crippen LogP contribution is -1.94. The monoisotopic (exact) mass is 269 g/mol. The molecule has 7 nitrogen and oxygen atoms in total. The van der Waals surface area contributed by atoms with Gasteiger partial charge in [-0.3, -0.25) is 0 Å². The molecule has 0 unspecified atom stereocenters. The lowest BCUT2D eigenvalue weighted by atomic mass is 10.2. The van der Waals surface area contributed by atoms with E-state index in [1.807, 2.05) is 30.3 Å². The van der Waals surface area contributed by atoms with Crippen LogP contribution in [0.2, 0.25) is 0 Å². The highest BCUT2D eigenvalue weighted by molar-refractivity contribution is 7.31. The summed E-state index contributed by atoms with van der Waals surface area (Å²) in [6.07, 6.45) is 0. The molecule has 0 bridgehead atoms. The van der Waals surface area contributed by atoms with Crippen molar-refractivity contribution in [3.8, 4) is 0 Å². The van der Waals surface area contributed by atoms with E-state index >= 15 is 0 Å². The Hall–Kier alpha value is -0.780. The first-order chi connectivity index (χ1) is 7.40. The molecule has 0 heterocycles. The maximum Gasteiger partial charge on any atom is 0.692 e. The molecule has 0 radical (unpaired) electrons. The first-order valence-electron chi connectivity index (χ1n) is 3.84. The Kier molecular flexibility index (Phi) is 13.5. The van der Waals surface area contributed by atoms with Crippen LogP contribution in [0.5, 0.6) is 0 Å². The second kappa shape index (κ2) is 12.3. The zero-order chi connectivity index (χ0) is 13.0. The molecule has 0 aliphatic heterocycles. The van der Waals surface area contributed by atoms with E-state index in [0.717, 1.165) is 0 Å². The number of hydrogen-bond donors (Lipinski definition) is 5. The van der Waals surface area contributed by atoms with Crippen molar-refractivity contribution in [1.82, 2.24) is 0 Å². The molecule has 0 spiro atoms. The molecule has 0 aromatic heterocycles. The normalized spacial score (nSPS) is 7.81. The maximum atomic E-state index is 8.70. The highest BCUT2D eigenvalue weighted by atomic mass is 31.1. The van der Waals surface area contributed by atoms with Crippen molar-refractivity contribution < 1.29 is 28.7 Å². The van der Waals surface area contributed by atoms with Crippen LogP contribution in [-0.4, -0.2) is 19.6 Å². The van der Waals surface area contributed by atoms with E-state index in [-0.39, 0.29) is 0 Å². The minimum absolute atomic E-state index is 0.640. The summed E-state index contributed by atoms with van der Waals surface area (Å²) in [4.78, 5) is 28.5. The minimum atomic E-state index is -2.87. The van der Waals surface area contributed by atoms with Gasteiger partial charge in [0.2, 0.25) is 0 Å². The van der Waals surface area contributed by atoms with Crippen LogP contribution < -0.4 is 5.73 Å². The molecule has 0 saturated carbocycles. The molecule has 90 valence electrons. The Morgan fingerprint density at radius 2 is 1.25 bits per heavy atom. The molecule has 9 heteroatoms. The summed E-state index contributed by atoms with van der Waals surface area (Å²) in [6.45, 7) is 0.640. The zero-order valence-corrected chi connectivity index (χ0v) is 9.96. The van der Waals surface area contributed by atoms with Gasteiger partial charge >= 0.3 is 16.5 Å². The van der Waals surface area contributed by atoms with Gasteiger partial charge in [-0.25, -0.2) is 0 Å². The van der Waals surface area contributed by atoms with Gasteiger partial charge in [0.15, 0.2) is 0 Å². The van der Waals surface area contributed by atoms with E-state index in [4.69, 9.17) is 34.4 Å². The van der Waals surface area contributed by atoms with Crippen molar-refractivity contribution >= 4 is 16.5 Å². The van der Waals surface area contributed by atoms with Crippen LogP contribution >= 0.6 is 16.5 Å². The fourth-order valence-corrected chi connectivity index (χ4v) is 0.614.